The average molecular weight is 627 g/mol. The first-order chi connectivity index (χ1) is 17.4. The number of nitrogens with zero attached hydrogens (tertiary/aromatic N) is 2. The number of hydrogen-bond acceptors (Lipinski definition) is 7. The van der Waals surface area contributed by atoms with Crippen molar-refractivity contribution in [3.8, 4) is 11.5 Å². The number of benzene rings is 1. The summed E-state index contributed by atoms with van der Waals surface area (Å²) in [6, 6.07) is 11.4. The molecule has 0 aliphatic heterocycles. The molecule has 0 fully saturated rings. The van der Waals surface area contributed by atoms with Gasteiger partial charge in [-0.05, 0) is 53.1 Å². The van der Waals surface area contributed by atoms with Gasteiger partial charge in [0, 0.05) is 32.9 Å². The Balaban J connectivity index is 1.81. The Morgan fingerprint density at radius 1 is 1.11 bits per heavy atom. The number of aromatic nitrogens is 2. The van der Waals surface area contributed by atoms with Gasteiger partial charge in [-0.25, -0.2) is 9.78 Å². The fraction of sp³-hybridized carbons (Fsp3) is 0.346. The molecule has 0 radical (unpaired) electrons. The Hall–Kier alpha value is -2.63. The third kappa shape index (κ3) is 7.94. The standard InChI is InChI=1S/C26H28ClIN2O6/c1-3-34-26(32)20-15-30(16-22(23(20)31)36-17-18-8-5-4-6-9-18)11-10-19-14-21(24(27)29-25(19)28)35-13-7-12-33-2/h4-6,8-9,14-16H,3,7,10-13,17H2,1-2H3. The molecule has 0 amide bonds. The highest BCUT2D eigenvalue weighted by Gasteiger charge is 2.18. The average Bonchev–Trinajstić information content (AvgIpc) is 2.87. The minimum atomic E-state index is -0.684. The van der Waals surface area contributed by atoms with Crippen LogP contribution in [0.2, 0.25) is 5.15 Å². The van der Waals surface area contributed by atoms with Crippen molar-refractivity contribution in [1.82, 2.24) is 9.55 Å². The molecule has 0 bridgehead atoms. The number of halogens is 2. The van der Waals surface area contributed by atoms with Crippen LogP contribution in [0, 0.1) is 3.70 Å². The lowest BCUT2D eigenvalue weighted by Gasteiger charge is -2.14. The van der Waals surface area contributed by atoms with E-state index in [-0.39, 0.29) is 24.5 Å². The second-order valence-corrected chi connectivity index (χ2v) is 9.15. The first-order valence-corrected chi connectivity index (χ1v) is 12.9. The first kappa shape index (κ1) is 27.9. The van der Waals surface area contributed by atoms with E-state index >= 15 is 0 Å². The zero-order valence-corrected chi connectivity index (χ0v) is 23.1. The van der Waals surface area contributed by atoms with Gasteiger partial charge in [0.1, 0.15) is 15.9 Å². The van der Waals surface area contributed by atoms with E-state index in [0.29, 0.717) is 37.1 Å². The molecule has 2 aromatic heterocycles. The van der Waals surface area contributed by atoms with E-state index in [1.54, 1.807) is 24.8 Å². The van der Waals surface area contributed by atoms with E-state index in [4.69, 9.17) is 30.5 Å². The van der Waals surface area contributed by atoms with Gasteiger partial charge in [0.25, 0.3) is 0 Å². The lowest BCUT2D eigenvalue weighted by atomic mass is 10.2. The molecule has 1 aromatic carbocycles. The number of esters is 1. The molecule has 10 heteroatoms. The van der Waals surface area contributed by atoms with Gasteiger partial charge in [0.2, 0.25) is 5.43 Å². The second-order valence-electron chi connectivity index (χ2n) is 7.77. The minimum absolute atomic E-state index is 0.0755. The number of rotatable bonds is 13. The van der Waals surface area contributed by atoms with Gasteiger partial charge in [0.05, 0.1) is 19.4 Å². The lowest BCUT2D eigenvalue weighted by molar-refractivity contribution is 0.0523. The molecule has 0 spiro atoms. The molecule has 0 aliphatic carbocycles. The van der Waals surface area contributed by atoms with Gasteiger partial charge in [0.15, 0.2) is 16.7 Å². The molecule has 0 saturated carbocycles. The fourth-order valence-corrected chi connectivity index (χ4v) is 4.33. The monoisotopic (exact) mass is 626 g/mol. The number of hydrogen-bond donors (Lipinski definition) is 0. The van der Waals surface area contributed by atoms with Gasteiger partial charge in [-0.15, -0.1) is 0 Å². The maximum absolute atomic E-state index is 12.9. The molecule has 3 rings (SSSR count). The van der Waals surface area contributed by atoms with E-state index in [1.807, 2.05) is 36.4 Å². The number of carbonyl (C=O) groups is 1. The number of methoxy groups -OCH3 is 1. The third-order valence-corrected chi connectivity index (χ3v) is 6.34. The molecule has 0 unspecified atom stereocenters. The first-order valence-electron chi connectivity index (χ1n) is 11.5. The van der Waals surface area contributed by atoms with Crippen LogP contribution in [0.4, 0.5) is 0 Å². The molecule has 0 atom stereocenters. The number of aryl methyl sites for hydroxylation is 2. The van der Waals surface area contributed by atoms with Crippen LogP contribution in [0.15, 0.2) is 53.6 Å². The van der Waals surface area contributed by atoms with E-state index in [2.05, 4.69) is 27.6 Å². The SMILES string of the molecule is CCOC(=O)c1cn(CCc2cc(OCCCOC)c(Cl)nc2I)cc(OCc2ccccc2)c1=O. The van der Waals surface area contributed by atoms with Gasteiger partial charge in [-0.3, -0.25) is 4.79 Å². The molecule has 0 saturated heterocycles. The number of pyridine rings is 2. The number of ether oxygens (including phenoxy) is 4. The number of carbonyl (C=O) groups excluding carboxylic acids is 1. The van der Waals surface area contributed by atoms with E-state index in [9.17, 15) is 9.59 Å². The topological polar surface area (TPSA) is 88.9 Å². The summed E-state index contributed by atoms with van der Waals surface area (Å²) >= 11 is 8.39. The molecular weight excluding hydrogens is 599 g/mol. The summed E-state index contributed by atoms with van der Waals surface area (Å²) < 4.78 is 24.2. The van der Waals surface area contributed by atoms with Crippen LogP contribution in [0.5, 0.6) is 11.5 Å². The van der Waals surface area contributed by atoms with Crippen molar-refractivity contribution in [2.24, 2.45) is 0 Å². The maximum Gasteiger partial charge on any atom is 0.343 e. The molecule has 3 aromatic rings. The predicted octanol–water partition coefficient (Wildman–Crippen LogP) is 4.92. The van der Waals surface area contributed by atoms with Crippen LogP contribution in [0.3, 0.4) is 0 Å². The summed E-state index contributed by atoms with van der Waals surface area (Å²) in [4.78, 5) is 29.8. The van der Waals surface area contributed by atoms with Crippen molar-refractivity contribution in [3.63, 3.8) is 0 Å². The van der Waals surface area contributed by atoms with Crippen LogP contribution in [-0.4, -0.2) is 42.5 Å². The molecule has 2 heterocycles. The summed E-state index contributed by atoms with van der Waals surface area (Å²) in [5, 5.41) is 0.296. The van der Waals surface area contributed by atoms with Crippen LogP contribution < -0.4 is 14.9 Å². The van der Waals surface area contributed by atoms with E-state index < -0.39 is 11.4 Å². The van der Waals surface area contributed by atoms with Gasteiger partial charge >= 0.3 is 5.97 Å². The third-order valence-electron chi connectivity index (χ3n) is 5.14. The van der Waals surface area contributed by atoms with Crippen molar-refractivity contribution in [2.45, 2.75) is 32.9 Å². The van der Waals surface area contributed by atoms with Crippen molar-refractivity contribution in [2.75, 3.05) is 26.9 Å². The molecule has 0 N–H and O–H groups in total. The summed E-state index contributed by atoms with van der Waals surface area (Å²) in [5.41, 5.74) is 1.25. The smallest absolute Gasteiger partial charge is 0.343 e. The minimum Gasteiger partial charge on any atom is -0.490 e. The Morgan fingerprint density at radius 3 is 2.61 bits per heavy atom. The van der Waals surface area contributed by atoms with Crippen molar-refractivity contribution in [3.05, 3.63) is 84.6 Å². The van der Waals surface area contributed by atoms with E-state index in [0.717, 1.165) is 21.2 Å². The van der Waals surface area contributed by atoms with Crippen molar-refractivity contribution in [1.29, 1.82) is 0 Å². The Bertz CT molecular complexity index is 1220. The maximum atomic E-state index is 12.9. The highest BCUT2D eigenvalue weighted by Crippen LogP contribution is 2.27. The van der Waals surface area contributed by atoms with Crippen LogP contribution in [0.1, 0.15) is 34.8 Å². The highest BCUT2D eigenvalue weighted by molar-refractivity contribution is 14.1. The molecule has 8 nitrogen and oxygen atoms in total. The highest BCUT2D eigenvalue weighted by atomic mass is 127. The second kappa shape index (κ2) is 14.2. The normalized spacial score (nSPS) is 10.8. The predicted molar refractivity (Wildman–Crippen MR) is 145 cm³/mol. The van der Waals surface area contributed by atoms with Crippen LogP contribution >= 0.6 is 34.2 Å². The fourth-order valence-electron chi connectivity index (χ4n) is 3.33. The van der Waals surface area contributed by atoms with Crippen molar-refractivity contribution >= 4 is 40.2 Å². The summed E-state index contributed by atoms with van der Waals surface area (Å²) in [6.45, 7) is 3.56. The Labute approximate surface area is 228 Å². The molecule has 0 aliphatic rings. The van der Waals surface area contributed by atoms with Crippen LogP contribution in [0.25, 0.3) is 0 Å². The van der Waals surface area contributed by atoms with E-state index in [1.165, 1.54) is 6.20 Å². The van der Waals surface area contributed by atoms with Gasteiger partial charge in [-0.2, -0.15) is 0 Å². The quantitative estimate of drug-likeness (QED) is 0.115. The summed E-state index contributed by atoms with van der Waals surface area (Å²) in [6.07, 6.45) is 4.38. The Kier molecular flexibility index (Phi) is 11.0. The van der Waals surface area contributed by atoms with Gasteiger partial charge < -0.3 is 23.5 Å². The summed E-state index contributed by atoms with van der Waals surface area (Å²) in [5.74, 6) is -0.103. The molecule has 192 valence electrons. The van der Waals surface area contributed by atoms with Crippen molar-refractivity contribution < 1.29 is 23.7 Å². The Morgan fingerprint density at radius 2 is 1.89 bits per heavy atom. The molecule has 36 heavy (non-hydrogen) atoms. The zero-order chi connectivity index (χ0) is 25.9. The molecular formula is C26H28ClIN2O6. The summed E-state index contributed by atoms with van der Waals surface area (Å²) in [7, 11) is 1.64. The largest absolute Gasteiger partial charge is 0.490 e. The van der Waals surface area contributed by atoms with Gasteiger partial charge in [-0.1, -0.05) is 41.9 Å². The zero-order valence-electron chi connectivity index (χ0n) is 20.2. The van der Waals surface area contributed by atoms with Crippen LogP contribution in [-0.2, 0) is 29.0 Å². The lowest BCUT2D eigenvalue weighted by Crippen LogP contribution is -2.22.